The summed E-state index contributed by atoms with van der Waals surface area (Å²) in [4.78, 5) is 30.6. The maximum absolute atomic E-state index is 13.6. The normalized spacial score (nSPS) is 14.5. The van der Waals surface area contributed by atoms with Crippen LogP contribution < -0.4 is 10.6 Å². The minimum atomic E-state index is -4.43. The fourth-order valence-electron chi connectivity index (χ4n) is 5.23. The van der Waals surface area contributed by atoms with E-state index in [4.69, 9.17) is 4.42 Å². The molecule has 0 saturated heterocycles. The summed E-state index contributed by atoms with van der Waals surface area (Å²) in [6, 6.07) is 13.5. The summed E-state index contributed by atoms with van der Waals surface area (Å²) in [7, 11) is 1.44. The van der Waals surface area contributed by atoms with E-state index in [2.05, 4.69) is 15.6 Å². The summed E-state index contributed by atoms with van der Waals surface area (Å²) in [5.74, 6) is -1.12. The van der Waals surface area contributed by atoms with Gasteiger partial charge in [0.1, 0.15) is 11.6 Å². The molecule has 2 aromatic heterocycles. The van der Waals surface area contributed by atoms with Gasteiger partial charge in [0.2, 0.25) is 5.71 Å². The van der Waals surface area contributed by atoms with E-state index < -0.39 is 30.7 Å². The average molecular weight is 568 g/mol. The topological polar surface area (TPSA) is 84.2 Å². The van der Waals surface area contributed by atoms with Crippen molar-refractivity contribution in [2.75, 3.05) is 7.05 Å². The highest BCUT2D eigenvalue weighted by Crippen LogP contribution is 2.38. The van der Waals surface area contributed by atoms with Gasteiger partial charge in [-0.05, 0) is 80.1 Å². The number of rotatable bonds is 8. The Morgan fingerprint density at radius 3 is 2.37 bits per heavy atom. The second-order valence-corrected chi connectivity index (χ2v) is 10.4. The second kappa shape index (κ2) is 11.0. The Kier molecular flexibility index (Phi) is 7.59. The zero-order valence-electron chi connectivity index (χ0n) is 22.6. The zero-order valence-corrected chi connectivity index (χ0v) is 22.6. The average Bonchev–Trinajstić information content (AvgIpc) is 3.31. The van der Waals surface area contributed by atoms with Crippen molar-refractivity contribution in [3.63, 3.8) is 0 Å². The predicted molar refractivity (Wildman–Crippen MR) is 147 cm³/mol. The van der Waals surface area contributed by atoms with Gasteiger partial charge in [-0.1, -0.05) is 19.1 Å². The van der Waals surface area contributed by atoms with Gasteiger partial charge in [0.25, 0.3) is 11.8 Å². The van der Waals surface area contributed by atoms with Crippen molar-refractivity contribution >= 4 is 22.9 Å². The van der Waals surface area contributed by atoms with Crippen LogP contribution in [-0.4, -0.2) is 35.6 Å². The van der Waals surface area contributed by atoms with Crippen LogP contribution >= 0.6 is 0 Å². The highest BCUT2D eigenvalue weighted by atomic mass is 19.4. The number of furan rings is 1. The monoisotopic (exact) mass is 567 g/mol. The minimum absolute atomic E-state index is 0.0207. The molecule has 6 nitrogen and oxygen atoms in total. The van der Waals surface area contributed by atoms with Crippen molar-refractivity contribution in [3.05, 3.63) is 77.2 Å². The second-order valence-electron chi connectivity index (χ2n) is 10.4. The van der Waals surface area contributed by atoms with Crippen molar-refractivity contribution in [2.24, 2.45) is 0 Å². The standard InChI is InChI=1S/C31H29F4N3O3/c1-3-30(13-5-14-30)38-27(39)20-7-4-6-19(16-20)22-17-23-25(28(40)36-2)26(18-8-10-21(32)11-9-18)41-29(23)37-24(22)12-15-31(33,34)35/h4,6-11,16-17H,3,5,12-15H2,1-2H3,(H,36,40)(H,38,39). The Hall–Kier alpha value is -4.21. The highest BCUT2D eigenvalue weighted by Gasteiger charge is 2.36. The molecular weight excluding hydrogens is 538 g/mol. The molecule has 2 aromatic carbocycles. The van der Waals surface area contributed by atoms with Crippen LogP contribution in [0.5, 0.6) is 0 Å². The summed E-state index contributed by atoms with van der Waals surface area (Å²) >= 11 is 0. The van der Waals surface area contributed by atoms with E-state index in [0.717, 1.165) is 25.7 Å². The number of nitrogens with zero attached hydrogens (tertiary/aromatic N) is 1. The number of hydrogen-bond acceptors (Lipinski definition) is 4. The van der Waals surface area contributed by atoms with Gasteiger partial charge in [0.05, 0.1) is 16.6 Å². The van der Waals surface area contributed by atoms with Crippen LogP contribution in [0.3, 0.4) is 0 Å². The molecule has 41 heavy (non-hydrogen) atoms. The zero-order chi connectivity index (χ0) is 29.4. The molecule has 0 atom stereocenters. The molecule has 5 rings (SSSR count). The van der Waals surface area contributed by atoms with Crippen molar-refractivity contribution in [3.8, 4) is 22.5 Å². The molecule has 1 fully saturated rings. The molecule has 0 aliphatic heterocycles. The van der Waals surface area contributed by atoms with Gasteiger partial charge in [-0.2, -0.15) is 13.2 Å². The van der Waals surface area contributed by atoms with Crippen molar-refractivity contribution in [1.82, 2.24) is 15.6 Å². The Balaban J connectivity index is 1.65. The lowest BCUT2D eigenvalue weighted by Crippen LogP contribution is -2.52. The number of aryl methyl sites for hydroxylation is 1. The third-order valence-corrected chi connectivity index (χ3v) is 7.77. The number of hydrogen-bond donors (Lipinski definition) is 2. The van der Waals surface area contributed by atoms with Crippen molar-refractivity contribution in [2.45, 2.75) is 57.2 Å². The van der Waals surface area contributed by atoms with Crippen LogP contribution in [0.25, 0.3) is 33.6 Å². The Bertz CT molecular complexity index is 1600. The summed E-state index contributed by atoms with van der Waals surface area (Å²) in [5, 5.41) is 5.96. The van der Waals surface area contributed by atoms with Crippen LogP contribution in [0.2, 0.25) is 0 Å². The van der Waals surface area contributed by atoms with Crippen molar-refractivity contribution in [1.29, 1.82) is 0 Å². The van der Waals surface area contributed by atoms with Gasteiger partial charge < -0.3 is 15.1 Å². The number of benzene rings is 2. The maximum Gasteiger partial charge on any atom is 0.389 e. The van der Waals surface area contributed by atoms with Crippen LogP contribution in [0.1, 0.15) is 65.4 Å². The SMILES string of the molecule is CCC1(NC(=O)c2cccc(-c3cc4c(C(=O)NC)c(-c5ccc(F)cc5)oc4nc3CCC(F)(F)F)c2)CCC1. The minimum Gasteiger partial charge on any atom is -0.437 e. The van der Waals surface area contributed by atoms with E-state index in [1.807, 2.05) is 6.92 Å². The molecule has 4 aromatic rings. The lowest BCUT2D eigenvalue weighted by atomic mass is 9.74. The van der Waals surface area contributed by atoms with Gasteiger partial charge in [-0.25, -0.2) is 9.37 Å². The molecule has 0 unspecified atom stereocenters. The number of fused-ring (bicyclic) bond motifs is 1. The first-order valence-electron chi connectivity index (χ1n) is 13.5. The number of carbonyl (C=O) groups is 2. The molecule has 2 heterocycles. The fourth-order valence-corrected chi connectivity index (χ4v) is 5.23. The number of nitrogens with one attached hydrogen (secondary N) is 2. The molecule has 10 heteroatoms. The first-order chi connectivity index (χ1) is 19.5. The molecule has 2 amide bonds. The van der Waals surface area contributed by atoms with Gasteiger partial charge in [0, 0.05) is 35.7 Å². The molecule has 1 saturated carbocycles. The van der Waals surface area contributed by atoms with Crippen LogP contribution in [0, 0.1) is 5.82 Å². The third-order valence-electron chi connectivity index (χ3n) is 7.77. The molecule has 2 N–H and O–H groups in total. The molecular formula is C31H29F4N3O3. The smallest absolute Gasteiger partial charge is 0.389 e. The number of amides is 2. The molecule has 0 spiro atoms. The Morgan fingerprint density at radius 1 is 1.02 bits per heavy atom. The molecule has 1 aliphatic carbocycles. The molecule has 214 valence electrons. The third kappa shape index (κ3) is 5.82. The Morgan fingerprint density at radius 2 is 1.76 bits per heavy atom. The highest BCUT2D eigenvalue weighted by molar-refractivity contribution is 6.11. The van der Waals surface area contributed by atoms with Crippen LogP contribution in [0.15, 0.2) is 59.0 Å². The quantitative estimate of drug-likeness (QED) is 0.220. The number of pyridine rings is 1. The van der Waals surface area contributed by atoms with E-state index in [1.165, 1.54) is 31.3 Å². The van der Waals surface area contributed by atoms with Gasteiger partial charge in [-0.3, -0.25) is 9.59 Å². The van der Waals surface area contributed by atoms with Crippen LogP contribution in [-0.2, 0) is 6.42 Å². The lowest BCUT2D eigenvalue weighted by molar-refractivity contribution is -0.134. The summed E-state index contributed by atoms with van der Waals surface area (Å²) in [5.41, 5.74) is 1.58. The van der Waals surface area contributed by atoms with E-state index >= 15 is 0 Å². The van der Waals surface area contributed by atoms with Gasteiger partial charge in [-0.15, -0.1) is 0 Å². The van der Waals surface area contributed by atoms with E-state index in [1.54, 1.807) is 30.3 Å². The fraction of sp³-hybridized carbons (Fsp3) is 0.323. The molecule has 1 aliphatic rings. The number of alkyl halides is 3. The molecule has 0 radical (unpaired) electrons. The number of carbonyl (C=O) groups excluding carboxylic acids is 2. The van der Waals surface area contributed by atoms with E-state index in [-0.39, 0.29) is 39.6 Å². The van der Waals surface area contributed by atoms with E-state index in [0.29, 0.717) is 22.3 Å². The Labute approximate surface area is 234 Å². The summed E-state index contributed by atoms with van der Waals surface area (Å²) in [6.07, 6.45) is -2.34. The predicted octanol–water partition coefficient (Wildman–Crippen LogP) is 7.22. The summed E-state index contributed by atoms with van der Waals surface area (Å²) in [6.45, 7) is 2.03. The largest absolute Gasteiger partial charge is 0.437 e. The maximum atomic E-state index is 13.6. The lowest BCUT2D eigenvalue weighted by Gasteiger charge is -2.42. The molecule has 0 bridgehead atoms. The van der Waals surface area contributed by atoms with Gasteiger partial charge in [0.15, 0.2) is 0 Å². The van der Waals surface area contributed by atoms with Gasteiger partial charge >= 0.3 is 6.18 Å². The number of halogens is 4. The first-order valence-corrected chi connectivity index (χ1v) is 13.5. The first kappa shape index (κ1) is 28.3. The van der Waals surface area contributed by atoms with E-state index in [9.17, 15) is 27.2 Å². The number of aromatic nitrogens is 1. The van der Waals surface area contributed by atoms with Crippen LogP contribution in [0.4, 0.5) is 17.6 Å². The van der Waals surface area contributed by atoms with Crippen molar-refractivity contribution < 1.29 is 31.6 Å². The summed E-state index contributed by atoms with van der Waals surface area (Å²) < 4.78 is 59.3.